The van der Waals surface area contributed by atoms with E-state index in [0.717, 1.165) is 6.42 Å². The molecule has 1 atom stereocenters. The van der Waals surface area contributed by atoms with E-state index in [1.54, 1.807) is 36.9 Å². The number of aryl methyl sites for hydroxylation is 1. The second kappa shape index (κ2) is 8.44. The second-order valence-electron chi connectivity index (χ2n) is 4.91. The number of hydrogen-bond acceptors (Lipinski definition) is 6. The van der Waals surface area contributed by atoms with Crippen LogP contribution in [-0.4, -0.2) is 39.3 Å². The van der Waals surface area contributed by atoms with E-state index in [1.807, 2.05) is 6.92 Å². The predicted octanol–water partition coefficient (Wildman–Crippen LogP) is 1.47. The van der Waals surface area contributed by atoms with E-state index in [2.05, 4.69) is 20.8 Å². The molecule has 126 valence electrons. The van der Waals surface area contributed by atoms with Gasteiger partial charge >= 0.3 is 0 Å². The van der Waals surface area contributed by atoms with Gasteiger partial charge in [-0.2, -0.15) is 4.68 Å². The molecule has 0 aliphatic rings. The molecule has 23 heavy (non-hydrogen) atoms. The lowest BCUT2D eigenvalue weighted by atomic mass is 10.1. The zero-order chi connectivity index (χ0) is 16.1. The van der Waals surface area contributed by atoms with E-state index < -0.39 is 6.04 Å². The third-order valence-electron chi connectivity index (χ3n) is 3.24. The summed E-state index contributed by atoms with van der Waals surface area (Å²) in [4.78, 5) is 12.0. The molecule has 2 aromatic rings. The van der Waals surface area contributed by atoms with Gasteiger partial charge in [-0.05, 0) is 42.0 Å². The van der Waals surface area contributed by atoms with Gasteiger partial charge in [0.15, 0.2) is 5.82 Å². The van der Waals surface area contributed by atoms with E-state index in [4.69, 9.17) is 10.5 Å². The minimum absolute atomic E-state index is 0. The van der Waals surface area contributed by atoms with Crippen LogP contribution in [-0.2, 0) is 4.79 Å². The summed E-state index contributed by atoms with van der Waals surface area (Å²) in [5.41, 5.74) is 7.07. The first kappa shape index (κ1) is 18.9. The number of ether oxygens (including phenoxy) is 1. The first-order valence-electron chi connectivity index (χ1n) is 7.06. The van der Waals surface area contributed by atoms with Gasteiger partial charge in [-0.1, -0.05) is 13.3 Å². The molecule has 2 rings (SSSR count). The van der Waals surface area contributed by atoms with Crippen LogP contribution in [0.5, 0.6) is 5.75 Å². The summed E-state index contributed by atoms with van der Waals surface area (Å²) in [5.74, 6) is 1.00. The van der Waals surface area contributed by atoms with Crippen molar-refractivity contribution in [3.8, 4) is 11.4 Å². The zero-order valence-corrected chi connectivity index (χ0v) is 14.1. The average molecular weight is 341 g/mol. The Bertz CT molecular complexity index is 660. The third-order valence-corrected chi connectivity index (χ3v) is 3.24. The van der Waals surface area contributed by atoms with Crippen LogP contribution < -0.4 is 15.8 Å². The van der Waals surface area contributed by atoms with Gasteiger partial charge < -0.3 is 15.8 Å². The summed E-state index contributed by atoms with van der Waals surface area (Å²) in [6.07, 6.45) is 1.49. The third kappa shape index (κ3) is 4.40. The van der Waals surface area contributed by atoms with Crippen molar-refractivity contribution in [2.45, 2.75) is 32.7 Å². The lowest BCUT2D eigenvalue weighted by molar-refractivity contribution is -0.117. The molecule has 0 saturated heterocycles. The van der Waals surface area contributed by atoms with Gasteiger partial charge in [0.2, 0.25) is 5.91 Å². The molecule has 1 aromatic heterocycles. The average Bonchev–Trinajstić information content (AvgIpc) is 2.93. The Morgan fingerprint density at radius 2 is 2.22 bits per heavy atom. The van der Waals surface area contributed by atoms with Crippen LogP contribution in [0.3, 0.4) is 0 Å². The van der Waals surface area contributed by atoms with Crippen molar-refractivity contribution in [2.75, 3.05) is 12.4 Å². The van der Waals surface area contributed by atoms with Crippen molar-refractivity contribution >= 4 is 24.0 Å². The minimum Gasteiger partial charge on any atom is -0.494 e. The summed E-state index contributed by atoms with van der Waals surface area (Å²) >= 11 is 0. The molecule has 0 aliphatic heterocycles. The number of nitrogens with two attached hydrogens (primary N) is 1. The molecule has 0 aliphatic carbocycles. The second-order valence-corrected chi connectivity index (χ2v) is 4.91. The summed E-state index contributed by atoms with van der Waals surface area (Å²) in [6, 6.07) is 4.72. The molecule has 0 saturated carbocycles. The fourth-order valence-corrected chi connectivity index (χ4v) is 2.06. The smallest absolute Gasteiger partial charge is 0.241 e. The van der Waals surface area contributed by atoms with Crippen LogP contribution in [0.25, 0.3) is 5.69 Å². The molecule has 1 unspecified atom stereocenters. The molecule has 8 nitrogen and oxygen atoms in total. The maximum atomic E-state index is 12.0. The SMILES string of the molecule is CCCC(N)C(=O)Nc1ccc(OC)c(-n2nnnc2C)c1.Cl. The number of nitrogens with zero attached hydrogens (tertiary/aromatic N) is 4. The number of tetrazole rings is 1. The van der Waals surface area contributed by atoms with Crippen molar-refractivity contribution in [1.82, 2.24) is 20.2 Å². The van der Waals surface area contributed by atoms with Gasteiger partial charge in [0, 0.05) is 5.69 Å². The molecule has 9 heteroatoms. The Morgan fingerprint density at radius 3 is 2.78 bits per heavy atom. The Hall–Kier alpha value is -2.19. The van der Waals surface area contributed by atoms with E-state index in [-0.39, 0.29) is 18.3 Å². The summed E-state index contributed by atoms with van der Waals surface area (Å²) in [6.45, 7) is 3.76. The fraction of sp³-hybridized carbons (Fsp3) is 0.429. The monoisotopic (exact) mass is 340 g/mol. The molecular formula is C14H21ClN6O2. The van der Waals surface area contributed by atoms with Crippen LogP contribution in [0.2, 0.25) is 0 Å². The van der Waals surface area contributed by atoms with Crippen molar-refractivity contribution in [3.63, 3.8) is 0 Å². The number of rotatable bonds is 6. The highest BCUT2D eigenvalue weighted by molar-refractivity contribution is 5.95. The summed E-state index contributed by atoms with van der Waals surface area (Å²) in [5, 5.41) is 14.2. The van der Waals surface area contributed by atoms with E-state index >= 15 is 0 Å². The van der Waals surface area contributed by atoms with Crippen LogP contribution in [0.1, 0.15) is 25.6 Å². The number of nitrogens with one attached hydrogen (secondary N) is 1. The zero-order valence-electron chi connectivity index (χ0n) is 13.3. The van der Waals surface area contributed by atoms with E-state index in [0.29, 0.717) is 29.4 Å². The molecule has 0 radical (unpaired) electrons. The molecule has 1 heterocycles. The van der Waals surface area contributed by atoms with Crippen molar-refractivity contribution in [2.24, 2.45) is 5.73 Å². The number of hydrogen-bond donors (Lipinski definition) is 2. The number of halogens is 1. The maximum Gasteiger partial charge on any atom is 0.241 e. The van der Waals surface area contributed by atoms with Gasteiger partial charge in [-0.3, -0.25) is 4.79 Å². The number of methoxy groups -OCH3 is 1. The normalized spacial score (nSPS) is 11.5. The molecule has 0 spiro atoms. The maximum absolute atomic E-state index is 12.0. The summed E-state index contributed by atoms with van der Waals surface area (Å²) in [7, 11) is 1.56. The van der Waals surface area contributed by atoms with Gasteiger partial charge in [0.1, 0.15) is 11.4 Å². The Labute approximate surface area is 140 Å². The number of aromatic nitrogens is 4. The highest BCUT2D eigenvalue weighted by Gasteiger charge is 2.15. The first-order valence-corrected chi connectivity index (χ1v) is 7.06. The quantitative estimate of drug-likeness (QED) is 0.824. The van der Waals surface area contributed by atoms with Gasteiger partial charge in [0.25, 0.3) is 0 Å². The molecule has 3 N–H and O–H groups in total. The molecule has 1 aromatic carbocycles. The minimum atomic E-state index is -0.523. The molecule has 0 fully saturated rings. The van der Waals surface area contributed by atoms with Crippen LogP contribution in [0.15, 0.2) is 18.2 Å². The highest BCUT2D eigenvalue weighted by atomic mass is 35.5. The largest absolute Gasteiger partial charge is 0.494 e. The standard InChI is InChI=1S/C14H20N6O2.ClH/c1-4-5-11(15)14(21)16-10-6-7-13(22-3)12(8-10)20-9(2)17-18-19-20;/h6-8,11H,4-5,15H2,1-3H3,(H,16,21);1H. The van der Waals surface area contributed by atoms with E-state index in [1.165, 1.54) is 0 Å². The van der Waals surface area contributed by atoms with Gasteiger partial charge in [-0.15, -0.1) is 17.5 Å². The van der Waals surface area contributed by atoms with Crippen LogP contribution in [0.4, 0.5) is 5.69 Å². The van der Waals surface area contributed by atoms with E-state index in [9.17, 15) is 4.79 Å². The number of carbonyl (C=O) groups is 1. The summed E-state index contributed by atoms with van der Waals surface area (Å²) < 4.78 is 6.86. The Morgan fingerprint density at radius 1 is 1.48 bits per heavy atom. The molecule has 1 amide bonds. The first-order chi connectivity index (χ1) is 10.6. The van der Waals surface area contributed by atoms with Gasteiger partial charge in [-0.25, -0.2) is 0 Å². The Kier molecular flexibility index (Phi) is 6.92. The lowest BCUT2D eigenvalue weighted by Crippen LogP contribution is -2.35. The van der Waals surface area contributed by atoms with Crippen molar-refractivity contribution in [3.05, 3.63) is 24.0 Å². The number of anilines is 1. The highest BCUT2D eigenvalue weighted by Crippen LogP contribution is 2.26. The number of carbonyl (C=O) groups excluding carboxylic acids is 1. The van der Waals surface area contributed by atoms with Crippen molar-refractivity contribution in [1.29, 1.82) is 0 Å². The van der Waals surface area contributed by atoms with Crippen LogP contribution in [0, 0.1) is 6.92 Å². The number of amides is 1. The molecular weight excluding hydrogens is 320 g/mol. The van der Waals surface area contributed by atoms with Crippen molar-refractivity contribution < 1.29 is 9.53 Å². The fourth-order valence-electron chi connectivity index (χ4n) is 2.06. The molecule has 0 bridgehead atoms. The lowest BCUT2D eigenvalue weighted by Gasteiger charge is -2.14. The van der Waals surface area contributed by atoms with Gasteiger partial charge in [0.05, 0.1) is 13.2 Å². The number of benzene rings is 1. The van der Waals surface area contributed by atoms with Crippen LogP contribution >= 0.6 is 12.4 Å². The topological polar surface area (TPSA) is 108 Å². The predicted molar refractivity (Wildman–Crippen MR) is 89.2 cm³/mol. The Balaban J connectivity index is 0.00000264.